The molecule has 1 N–H and O–H groups in total. The third kappa shape index (κ3) is 4.85. The minimum Gasteiger partial charge on any atom is -0.381 e. The van der Waals surface area contributed by atoms with Crippen molar-refractivity contribution < 1.29 is 17.9 Å². The highest BCUT2D eigenvalue weighted by Crippen LogP contribution is 2.38. The van der Waals surface area contributed by atoms with E-state index in [1.165, 1.54) is 29.3 Å². The zero-order valence-electron chi connectivity index (χ0n) is 17.6. The third-order valence-electron chi connectivity index (χ3n) is 5.37. The van der Waals surface area contributed by atoms with Crippen LogP contribution in [0.3, 0.4) is 0 Å². The summed E-state index contributed by atoms with van der Waals surface area (Å²) in [6.45, 7) is 3.65. The number of hydrogen-bond donors (Lipinski definition) is 1. The van der Waals surface area contributed by atoms with Crippen LogP contribution in [0.1, 0.15) is 31.7 Å². The fraction of sp³-hybridized carbons (Fsp3) is 0.409. The van der Waals surface area contributed by atoms with Gasteiger partial charge >= 0.3 is 6.18 Å². The first kappa shape index (κ1) is 22.1. The topological polar surface area (TPSA) is 74.0 Å². The zero-order chi connectivity index (χ0) is 22.7. The molecule has 4 heterocycles. The number of aromatic nitrogens is 4. The van der Waals surface area contributed by atoms with E-state index in [1.54, 1.807) is 16.8 Å². The quantitative estimate of drug-likeness (QED) is 0.616. The molecule has 0 atom stereocenters. The minimum atomic E-state index is -4.55. The van der Waals surface area contributed by atoms with E-state index in [9.17, 15) is 18.0 Å². The Labute approximate surface area is 182 Å². The van der Waals surface area contributed by atoms with E-state index in [2.05, 4.69) is 15.4 Å². The fourth-order valence-corrected chi connectivity index (χ4v) is 3.72. The molecule has 0 radical (unpaired) electrons. The summed E-state index contributed by atoms with van der Waals surface area (Å²) < 4.78 is 49.9. The van der Waals surface area contributed by atoms with Crippen molar-refractivity contribution in [2.45, 2.75) is 44.9 Å². The van der Waals surface area contributed by atoms with Crippen molar-refractivity contribution >= 4 is 5.82 Å². The lowest BCUT2D eigenvalue weighted by molar-refractivity contribution is -0.137. The van der Waals surface area contributed by atoms with Gasteiger partial charge in [-0.2, -0.15) is 18.3 Å². The molecule has 170 valence electrons. The first-order valence-electron chi connectivity index (χ1n) is 10.5. The molecule has 32 heavy (non-hydrogen) atoms. The number of rotatable bonds is 6. The normalized spacial score (nSPS) is 15.1. The molecule has 4 rings (SSSR count). The number of ether oxygens (including phenoxy) is 1. The Hall–Kier alpha value is -3.14. The molecular weight excluding hydrogens is 423 g/mol. The Balaban J connectivity index is 1.65. The second-order valence-electron chi connectivity index (χ2n) is 7.74. The summed E-state index contributed by atoms with van der Waals surface area (Å²) in [7, 11) is 0. The standard InChI is InChI=1S/C22H24F3N5O2/c1-2-7-29-14-17(3-4-21(29)31)30-13-15(11-27-30)18-12-26-20(10-19(18)22(23,24)25)28-16-5-8-32-9-6-16/h3-4,10-14,16H,2,5-9H2,1H3,(H,26,28). The molecule has 0 bridgehead atoms. The summed E-state index contributed by atoms with van der Waals surface area (Å²) in [6.07, 6.45) is 3.41. The van der Waals surface area contributed by atoms with Gasteiger partial charge in [-0.3, -0.25) is 4.79 Å². The maximum atomic E-state index is 13.9. The molecule has 0 unspecified atom stereocenters. The lowest BCUT2D eigenvalue weighted by atomic mass is 10.0. The molecule has 1 aliphatic rings. The molecule has 0 aliphatic carbocycles. The van der Waals surface area contributed by atoms with E-state index in [-0.39, 0.29) is 28.5 Å². The zero-order valence-corrected chi connectivity index (χ0v) is 17.6. The van der Waals surface area contributed by atoms with Gasteiger partial charge in [-0.25, -0.2) is 9.67 Å². The van der Waals surface area contributed by atoms with Crippen LogP contribution in [0.4, 0.5) is 19.0 Å². The van der Waals surface area contributed by atoms with Crippen molar-refractivity contribution in [2.75, 3.05) is 18.5 Å². The number of pyridine rings is 2. The Bertz CT molecular complexity index is 1130. The van der Waals surface area contributed by atoms with E-state index >= 15 is 0 Å². The summed E-state index contributed by atoms with van der Waals surface area (Å²) in [6, 6.07) is 4.09. The Morgan fingerprint density at radius 3 is 2.69 bits per heavy atom. The average molecular weight is 447 g/mol. The number of nitrogens with one attached hydrogen (secondary N) is 1. The van der Waals surface area contributed by atoms with E-state index < -0.39 is 11.7 Å². The fourth-order valence-electron chi connectivity index (χ4n) is 3.72. The van der Waals surface area contributed by atoms with Gasteiger partial charge in [-0.1, -0.05) is 6.92 Å². The van der Waals surface area contributed by atoms with Crippen LogP contribution in [-0.2, 0) is 17.5 Å². The van der Waals surface area contributed by atoms with Gasteiger partial charge in [-0.15, -0.1) is 0 Å². The van der Waals surface area contributed by atoms with Crippen molar-refractivity contribution in [1.82, 2.24) is 19.3 Å². The first-order chi connectivity index (χ1) is 15.3. The summed E-state index contributed by atoms with van der Waals surface area (Å²) in [4.78, 5) is 16.2. The van der Waals surface area contributed by atoms with Gasteiger partial charge in [0.15, 0.2) is 0 Å². The summed E-state index contributed by atoms with van der Waals surface area (Å²) >= 11 is 0. The maximum absolute atomic E-state index is 13.9. The largest absolute Gasteiger partial charge is 0.417 e. The first-order valence-corrected chi connectivity index (χ1v) is 10.5. The van der Waals surface area contributed by atoms with Crippen molar-refractivity contribution in [3.05, 3.63) is 58.9 Å². The molecule has 0 saturated carbocycles. The van der Waals surface area contributed by atoms with Gasteiger partial charge < -0.3 is 14.6 Å². The van der Waals surface area contributed by atoms with Gasteiger partial charge in [0.05, 0.1) is 17.4 Å². The average Bonchev–Trinajstić information content (AvgIpc) is 3.26. The molecule has 0 aromatic carbocycles. The Morgan fingerprint density at radius 1 is 1.19 bits per heavy atom. The van der Waals surface area contributed by atoms with Gasteiger partial charge in [0.1, 0.15) is 5.82 Å². The van der Waals surface area contributed by atoms with Crippen molar-refractivity contribution in [2.24, 2.45) is 0 Å². The highest BCUT2D eigenvalue weighted by atomic mass is 19.4. The van der Waals surface area contributed by atoms with Gasteiger partial charge in [-0.05, 0) is 31.4 Å². The number of aryl methyl sites for hydroxylation is 1. The molecule has 1 fully saturated rings. The summed E-state index contributed by atoms with van der Waals surface area (Å²) in [5, 5.41) is 7.29. The van der Waals surface area contributed by atoms with Crippen LogP contribution in [0, 0.1) is 0 Å². The minimum absolute atomic E-state index is 0.0322. The smallest absolute Gasteiger partial charge is 0.381 e. The lowest BCUT2D eigenvalue weighted by Crippen LogP contribution is -2.28. The second kappa shape index (κ2) is 9.15. The van der Waals surface area contributed by atoms with Crippen molar-refractivity contribution in [3.8, 4) is 16.8 Å². The van der Waals surface area contributed by atoms with Crippen LogP contribution >= 0.6 is 0 Å². The predicted molar refractivity (Wildman–Crippen MR) is 114 cm³/mol. The molecule has 3 aromatic heterocycles. The van der Waals surface area contributed by atoms with E-state index in [0.29, 0.717) is 25.4 Å². The molecule has 0 spiro atoms. The van der Waals surface area contributed by atoms with Crippen LogP contribution in [-0.4, -0.2) is 38.6 Å². The van der Waals surface area contributed by atoms with Crippen LogP contribution in [0.15, 0.2) is 47.8 Å². The van der Waals surface area contributed by atoms with Gasteiger partial charge in [0.2, 0.25) is 0 Å². The van der Waals surface area contributed by atoms with Crippen LogP contribution in [0.2, 0.25) is 0 Å². The highest BCUT2D eigenvalue weighted by molar-refractivity contribution is 5.68. The number of halogens is 3. The number of nitrogens with zero attached hydrogens (tertiary/aromatic N) is 4. The number of alkyl halides is 3. The lowest BCUT2D eigenvalue weighted by Gasteiger charge is -2.24. The van der Waals surface area contributed by atoms with Crippen molar-refractivity contribution in [3.63, 3.8) is 0 Å². The summed E-state index contributed by atoms with van der Waals surface area (Å²) in [5.41, 5.74) is -0.0980. The van der Waals surface area contributed by atoms with Crippen molar-refractivity contribution in [1.29, 1.82) is 0 Å². The van der Waals surface area contributed by atoms with Gasteiger partial charge in [0, 0.05) is 61.6 Å². The van der Waals surface area contributed by atoms with Gasteiger partial charge in [0.25, 0.3) is 5.56 Å². The van der Waals surface area contributed by atoms with Crippen LogP contribution < -0.4 is 10.9 Å². The van der Waals surface area contributed by atoms with Crippen LogP contribution in [0.5, 0.6) is 0 Å². The maximum Gasteiger partial charge on any atom is 0.417 e. The molecule has 1 aliphatic heterocycles. The van der Waals surface area contributed by atoms with E-state index in [4.69, 9.17) is 4.74 Å². The monoisotopic (exact) mass is 447 g/mol. The Kier molecular flexibility index (Phi) is 6.31. The number of hydrogen-bond acceptors (Lipinski definition) is 5. The molecule has 10 heteroatoms. The molecule has 3 aromatic rings. The molecule has 7 nitrogen and oxygen atoms in total. The van der Waals surface area contributed by atoms with E-state index in [1.807, 2.05) is 6.92 Å². The SMILES string of the molecule is CCCn1cc(-n2cc(-c3cnc(NC4CCOCC4)cc3C(F)(F)F)cn2)ccc1=O. The second-order valence-corrected chi connectivity index (χ2v) is 7.74. The Morgan fingerprint density at radius 2 is 1.97 bits per heavy atom. The third-order valence-corrected chi connectivity index (χ3v) is 5.37. The molecule has 0 amide bonds. The highest BCUT2D eigenvalue weighted by Gasteiger charge is 2.35. The summed E-state index contributed by atoms with van der Waals surface area (Å²) in [5.74, 6) is 0.187. The number of anilines is 1. The molecule has 1 saturated heterocycles. The van der Waals surface area contributed by atoms with Crippen LogP contribution in [0.25, 0.3) is 16.8 Å². The van der Waals surface area contributed by atoms with E-state index in [0.717, 1.165) is 25.3 Å². The predicted octanol–water partition coefficient (Wildman–Crippen LogP) is 4.12. The molecular formula is C22H24F3N5O2.